The van der Waals surface area contributed by atoms with E-state index < -0.39 is 47.5 Å². The Labute approximate surface area is 270 Å². The van der Waals surface area contributed by atoms with Crippen LogP contribution in [0.2, 0.25) is 0 Å². The number of nitrogens with one attached hydrogen (secondary N) is 1. The number of fused-ring (bicyclic) bond motifs is 1. The van der Waals surface area contributed by atoms with Gasteiger partial charge in [0, 0.05) is 45.7 Å². The lowest BCUT2D eigenvalue weighted by atomic mass is 9.70. The largest absolute Gasteiger partial charge is 0.463 e. The summed E-state index contributed by atoms with van der Waals surface area (Å²) in [5.74, 6) is -3.16. The van der Waals surface area contributed by atoms with Crippen molar-refractivity contribution in [2.75, 3.05) is 65.7 Å². The molecule has 2 N–H and O–H groups in total. The van der Waals surface area contributed by atoms with Gasteiger partial charge in [-0.1, -0.05) is 42.5 Å². The van der Waals surface area contributed by atoms with Crippen molar-refractivity contribution in [2.45, 2.75) is 49.5 Å². The lowest BCUT2D eigenvalue weighted by Gasteiger charge is -2.37. The number of ether oxygens (including phenoxy) is 3. The van der Waals surface area contributed by atoms with E-state index in [9.17, 15) is 24.3 Å². The molecular formula is C34H46N4O8. The van der Waals surface area contributed by atoms with Crippen molar-refractivity contribution in [2.24, 2.45) is 11.8 Å². The van der Waals surface area contributed by atoms with Crippen LogP contribution in [-0.2, 0) is 33.4 Å². The van der Waals surface area contributed by atoms with Gasteiger partial charge in [-0.15, -0.1) is 13.2 Å². The molecular weight excluding hydrogens is 592 g/mol. The Kier molecular flexibility index (Phi) is 11.3. The fourth-order valence-corrected chi connectivity index (χ4v) is 7.43. The Bertz CT molecular complexity index is 1270. The molecule has 4 heterocycles. The van der Waals surface area contributed by atoms with Gasteiger partial charge in [-0.05, 0) is 24.8 Å². The van der Waals surface area contributed by atoms with E-state index >= 15 is 0 Å². The van der Waals surface area contributed by atoms with E-state index in [1.165, 1.54) is 4.90 Å². The quantitative estimate of drug-likeness (QED) is 0.201. The number of allylic oxidation sites excluding steroid dienone is 1. The highest BCUT2D eigenvalue weighted by Crippen LogP contribution is 2.58. The van der Waals surface area contributed by atoms with Crippen LogP contribution in [-0.4, -0.2) is 127 Å². The smallest absolute Gasteiger partial charge is 0.306 e. The van der Waals surface area contributed by atoms with Gasteiger partial charge >= 0.3 is 5.97 Å². The zero-order chi connectivity index (χ0) is 32.7. The molecule has 1 aromatic carbocycles. The number of amides is 3. The van der Waals surface area contributed by atoms with Gasteiger partial charge in [-0.2, -0.15) is 0 Å². The molecule has 4 fully saturated rings. The molecule has 3 amide bonds. The van der Waals surface area contributed by atoms with E-state index in [-0.39, 0.29) is 38.0 Å². The summed E-state index contributed by atoms with van der Waals surface area (Å²) >= 11 is 0. The molecule has 1 spiro atoms. The van der Waals surface area contributed by atoms with Crippen LogP contribution < -0.4 is 5.32 Å². The van der Waals surface area contributed by atoms with E-state index in [0.717, 1.165) is 18.7 Å². The van der Waals surface area contributed by atoms with Gasteiger partial charge in [0.05, 0.1) is 43.8 Å². The monoisotopic (exact) mass is 638 g/mol. The zero-order valence-corrected chi connectivity index (χ0v) is 26.4. The second-order valence-electron chi connectivity index (χ2n) is 12.3. The van der Waals surface area contributed by atoms with Crippen LogP contribution in [0.3, 0.4) is 0 Å². The number of hydrogen-bond donors (Lipinski definition) is 2. The fourth-order valence-electron chi connectivity index (χ4n) is 7.43. The number of carbonyl (C=O) groups excluding carboxylic acids is 4. The number of aliphatic hydroxyl groups excluding tert-OH is 1. The molecule has 250 valence electrons. The van der Waals surface area contributed by atoms with Crippen LogP contribution in [0, 0.1) is 11.8 Å². The van der Waals surface area contributed by atoms with Crippen molar-refractivity contribution in [3.63, 3.8) is 0 Å². The van der Waals surface area contributed by atoms with Gasteiger partial charge in [-0.3, -0.25) is 24.1 Å². The van der Waals surface area contributed by atoms with E-state index in [4.69, 9.17) is 14.2 Å². The summed E-state index contributed by atoms with van der Waals surface area (Å²) < 4.78 is 17.5. The molecule has 46 heavy (non-hydrogen) atoms. The van der Waals surface area contributed by atoms with Gasteiger partial charge in [0.25, 0.3) is 0 Å². The summed E-state index contributed by atoms with van der Waals surface area (Å²) in [5.41, 5.74) is -0.437. The van der Waals surface area contributed by atoms with Crippen molar-refractivity contribution >= 4 is 23.7 Å². The minimum atomic E-state index is -1.19. The predicted molar refractivity (Wildman–Crippen MR) is 168 cm³/mol. The van der Waals surface area contributed by atoms with Crippen molar-refractivity contribution < 1.29 is 38.5 Å². The first-order valence-corrected chi connectivity index (χ1v) is 16.3. The van der Waals surface area contributed by atoms with Crippen LogP contribution in [0.5, 0.6) is 0 Å². The highest BCUT2D eigenvalue weighted by Gasteiger charge is 2.74. The van der Waals surface area contributed by atoms with E-state index in [1.54, 1.807) is 17.1 Å². The molecule has 0 radical (unpaired) electrons. The highest BCUT2D eigenvalue weighted by molar-refractivity contribution is 5.99. The molecule has 0 unspecified atom stereocenters. The van der Waals surface area contributed by atoms with Crippen molar-refractivity contribution in [1.29, 1.82) is 0 Å². The van der Waals surface area contributed by atoms with Crippen LogP contribution in [0.4, 0.5) is 0 Å². The normalized spacial score (nSPS) is 27.6. The lowest BCUT2D eigenvalue weighted by molar-refractivity contribution is -0.148. The maximum absolute atomic E-state index is 14.4. The summed E-state index contributed by atoms with van der Waals surface area (Å²) in [6, 6.07) is 7.58. The lowest BCUT2D eigenvalue weighted by Crippen LogP contribution is -2.57. The Balaban J connectivity index is 1.36. The zero-order valence-electron chi connectivity index (χ0n) is 26.4. The maximum Gasteiger partial charge on any atom is 0.306 e. The summed E-state index contributed by atoms with van der Waals surface area (Å²) in [6.07, 6.45) is 4.38. The predicted octanol–water partition coefficient (Wildman–Crippen LogP) is 1.07. The van der Waals surface area contributed by atoms with E-state index in [2.05, 4.69) is 23.4 Å². The topological polar surface area (TPSA) is 138 Å². The van der Waals surface area contributed by atoms with Gasteiger partial charge < -0.3 is 34.4 Å². The standard InChI is InChI=1S/C34H46N4O8/c1-3-5-11-27(40)45-23-25(24-9-7-6-8-10-24)35-31(41)28-26-12-13-34(46-26)29(28)32(42)38(17-20-39)30(34)33(43)37(14-4-2)16-15-36-18-21-44-22-19-36/h3-4,6-10,25-26,28-30,39H,1-2,5,11-23H2,(H,35,41)/t25-,26-,28+,29+,30-,34+/m0/s1. The molecule has 6 atom stereocenters. The number of nitrogens with zero attached hydrogens (tertiary/aromatic N) is 3. The molecule has 1 aromatic rings. The number of β-amino-alcohol motifs (C(OH)–C–C–N with tert-alkyl or cyclic N) is 1. The molecule has 12 nitrogen and oxygen atoms in total. The Hall–Kier alpha value is -3.58. The maximum atomic E-state index is 14.4. The second kappa shape index (κ2) is 15.3. The van der Waals surface area contributed by atoms with Crippen LogP contribution in [0.1, 0.15) is 37.3 Å². The number of morpholine rings is 1. The SMILES string of the molecule is C=CCCC(=O)OC[C@H](NC(=O)[C@@H]1[C@@H]2CC[C@]3(O2)[C@H](C(=O)N(CC=C)CCN2CCOCC2)N(CCO)C(=O)[C@@H]13)c1ccccc1. The molecule has 0 aromatic heterocycles. The Morgan fingerprint density at radius 3 is 2.61 bits per heavy atom. The van der Waals surface area contributed by atoms with Crippen molar-refractivity contribution in [3.05, 3.63) is 61.2 Å². The minimum absolute atomic E-state index is 0.0471. The number of carbonyl (C=O) groups is 4. The number of benzene rings is 1. The first-order chi connectivity index (χ1) is 22.3. The number of aliphatic hydroxyl groups is 1. The van der Waals surface area contributed by atoms with Gasteiger partial charge in [0.1, 0.15) is 18.2 Å². The molecule has 5 rings (SSSR count). The molecule has 4 saturated heterocycles. The third-order valence-corrected chi connectivity index (χ3v) is 9.61. The minimum Gasteiger partial charge on any atom is -0.463 e. The van der Waals surface area contributed by atoms with Gasteiger partial charge in [-0.25, -0.2) is 0 Å². The van der Waals surface area contributed by atoms with Crippen molar-refractivity contribution in [1.82, 2.24) is 20.0 Å². The second-order valence-corrected chi connectivity index (χ2v) is 12.3. The number of esters is 1. The summed E-state index contributed by atoms with van der Waals surface area (Å²) in [5, 5.41) is 13.0. The number of hydrogen-bond acceptors (Lipinski definition) is 9. The third kappa shape index (κ3) is 6.90. The number of likely N-dealkylation sites (tertiary alicyclic amines) is 1. The number of rotatable bonds is 16. The van der Waals surface area contributed by atoms with E-state index in [1.807, 2.05) is 30.3 Å². The molecule has 0 saturated carbocycles. The summed E-state index contributed by atoms with van der Waals surface area (Å²) in [6.45, 7) is 11.2. The van der Waals surface area contributed by atoms with Crippen LogP contribution >= 0.6 is 0 Å². The third-order valence-electron chi connectivity index (χ3n) is 9.61. The van der Waals surface area contributed by atoms with Crippen molar-refractivity contribution in [3.8, 4) is 0 Å². The fraction of sp³-hybridized carbons (Fsp3) is 0.588. The van der Waals surface area contributed by atoms with E-state index in [0.29, 0.717) is 52.1 Å². The van der Waals surface area contributed by atoms with Gasteiger partial charge in [0.15, 0.2) is 0 Å². The van der Waals surface area contributed by atoms with Crippen LogP contribution in [0.25, 0.3) is 0 Å². The average molecular weight is 639 g/mol. The highest BCUT2D eigenvalue weighted by atomic mass is 16.5. The molecule has 0 aliphatic carbocycles. The molecule has 2 bridgehead atoms. The Morgan fingerprint density at radius 2 is 1.91 bits per heavy atom. The molecule has 12 heteroatoms. The molecule has 4 aliphatic heterocycles. The first kappa shape index (κ1) is 33.8. The summed E-state index contributed by atoms with van der Waals surface area (Å²) in [4.78, 5) is 60.2. The summed E-state index contributed by atoms with van der Waals surface area (Å²) in [7, 11) is 0. The average Bonchev–Trinajstić information content (AvgIpc) is 3.72. The molecule has 4 aliphatic rings. The van der Waals surface area contributed by atoms with Gasteiger partial charge in [0.2, 0.25) is 17.7 Å². The first-order valence-electron chi connectivity index (χ1n) is 16.3. The van der Waals surface area contributed by atoms with Crippen LogP contribution in [0.15, 0.2) is 55.6 Å². The Morgan fingerprint density at radius 1 is 1.15 bits per heavy atom.